The molecule has 1 aromatic heterocycles. The van der Waals surface area contributed by atoms with Crippen LogP contribution < -0.4 is 11.1 Å². The summed E-state index contributed by atoms with van der Waals surface area (Å²) in [4.78, 5) is 26.8. The fourth-order valence-corrected chi connectivity index (χ4v) is 1.39. The molecule has 0 aliphatic heterocycles. The van der Waals surface area contributed by atoms with Gasteiger partial charge in [-0.1, -0.05) is 0 Å². The molecule has 1 heterocycles. The Kier molecular flexibility index (Phi) is 4.81. The second kappa shape index (κ2) is 6.35. The van der Waals surface area contributed by atoms with Gasteiger partial charge in [0.25, 0.3) is 5.91 Å². The topological polar surface area (TPSA) is 109 Å². The third-order valence-corrected chi connectivity index (χ3v) is 2.38. The number of nitrogens with one attached hydrogen (secondary N) is 1. The second-order valence-electron chi connectivity index (χ2n) is 3.94. The third-order valence-electron chi connectivity index (χ3n) is 2.38. The maximum absolute atomic E-state index is 11.8. The molecule has 6 nitrogen and oxygen atoms in total. The minimum absolute atomic E-state index is 0.192. The lowest BCUT2D eigenvalue weighted by Gasteiger charge is -2.16. The molecule has 0 saturated heterocycles. The fourth-order valence-electron chi connectivity index (χ4n) is 1.39. The average Bonchev–Trinajstić information content (AvgIpc) is 2.38. The minimum Gasteiger partial charge on any atom is -0.368 e. The molecule has 0 unspecified atom stereocenters. The Labute approximate surface area is 105 Å². The van der Waals surface area contributed by atoms with Gasteiger partial charge in [-0.05, 0) is 25.5 Å². The Balaban J connectivity index is 2.71. The van der Waals surface area contributed by atoms with E-state index in [1.165, 1.54) is 6.20 Å². The number of rotatable bonds is 5. The molecule has 94 valence electrons. The van der Waals surface area contributed by atoms with Gasteiger partial charge in [-0.25, -0.2) is 0 Å². The van der Waals surface area contributed by atoms with Gasteiger partial charge in [0.1, 0.15) is 6.04 Å². The van der Waals surface area contributed by atoms with E-state index in [9.17, 15) is 9.59 Å². The number of nitrogens with zero attached hydrogens (tertiary/aromatic N) is 2. The number of carbonyl (C=O) groups excluding carboxylic acids is 2. The Hall–Kier alpha value is -2.42. The van der Waals surface area contributed by atoms with Gasteiger partial charge in [-0.15, -0.1) is 0 Å². The lowest BCUT2D eigenvalue weighted by atomic mass is 10.0. The number of carbonyl (C=O) groups is 2. The van der Waals surface area contributed by atoms with Crippen LogP contribution in [-0.2, 0) is 4.79 Å². The summed E-state index contributed by atoms with van der Waals surface area (Å²) in [6.07, 6.45) is 3.12. The molecule has 0 bridgehead atoms. The SMILES string of the molecule is C[C@H](C#N)C[C@@H](NC(=O)c1cccnc1)C(N)=O. The van der Waals surface area contributed by atoms with Crippen molar-refractivity contribution in [2.24, 2.45) is 11.7 Å². The molecular formula is C12H14N4O2. The zero-order valence-corrected chi connectivity index (χ0v) is 9.96. The van der Waals surface area contributed by atoms with Crippen molar-refractivity contribution in [2.75, 3.05) is 0 Å². The summed E-state index contributed by atoms with van der Waals surface area (Å²) in [5, 5.41) is 11.2. The largest absolute Gasteiger partial charge is 0.368 e. The van der Waals surface area contributed by atoms with E-state index in [-0.39, 0.29) is 12.3 Å². The van der Waals surface area contributed by atoms with Gasteiger partial charge in [-0.2, -0.15) is 5.26 Å². The quantitative estimate of drug-likeness (QED) is 0.774. The van der Waals surface area contributed by atoms with E-state index < -0.39 is 17.9 Å². The van der Waals surface area contributed by atoms with E-state index >= 15 is 0 Å². The summed E-state index contributed by atoms with van der Waals surface area (Å²) in [6.45, 7) is 1.66. The predicted octanol–water partition coefficient (Wildman–Crippen LogP) is 0.215. The van der Waals surface area contributed by atoms with E-state index in [1.807, 2.05) is 6.07 Å². The van der Waals surface area contributed by atoms with E-state index in [4.69, 9.17) is 11.0 Å². The van der Waals surface area contributed by atoms with Crippen LogP contribution in [0, 0.1) is 17.2 Å². The highest BCUT2D eigenvalue weighted by molar-refractivity contribution is 5.96. The standard InChI is InChI=1S/C12H14N4O2/c1-8(6-13)5-10(11(14)17)16-12(18)9-3-2-4-15-7-9/h2-4,7-8,10H,5H2,1H3,(H2,14,17)(H,16,18)/t8-,10+/m0/s1. The van der Waals surface area contributed by atoms with Crippen LogP contribution in [0.3, 0.4) is 0 Å². The first-order chi connectivity index (χ1) is 8.54. The molecule has 6 heteroatoms. The minimum atomic E-state index is -0.854. The maximum Gasteiger partial charge on any atom is 0.253 e. The number of amides is 2. The van der Waals surface area contributed by atoms with E-state index in [0.717, 1.165) is 0 Å². The number of nitrogens with two attached hydrogens (primary N) is 1. The van der Waals surface area contributed by atoms with Crippen LogP contribution in [0.5, 0.6) is 0 Å². The molecule has 1 aromatic rings. The summed E-state index contributed by atoms with van der Waals surface area (Å²) >= 11 is 0. The molecule has 2 amide bonds. The molecular weight excluding hydrogens is 232 g/mol. The van der Waals surface area contributed by atoms with Crippen LogP contribution in [0.25, 0.3) is 0 Å². The van der Waals surface area contributed by atoms with Crippen LogP contribution in [0.2, 0.25) is 0 Å². The second-order valence-corrected chi connectivity index (χ2v) is 3.94. The average molecular weight is 246 g/mol. The molecule has 2 atom stereocenters. The molecule has 3 N–H and O–H groups in total. The van der Waals surface area contributed by atoms with Crippen molar-refractivity contribution in [3.8, 4) is 6.07 Å². The van der Waals surface area contributed by atoms with E-state index in [1.54, 1.807) is 25.3 Å². The molecule has 0 fully saturated rings. The number of primary amides is 1. The molecule has 18 heavy (non-hydrogen) atoms. The van der Waals surface area contributed by atoms with Gasteiger partial charge in [-0.3, -0.25) is 14.6 Å². The highest BCUT2D eigenvalue weighted by atomic mass is 16.2. The number of nitriles is 1. The van der Waals surface area contributed by atoms with Gasteiger partial charge in [0, 0.05) is 18.3 Å². The first-order valence-electron chi connectivity index (χ1n) is 5.44. The first kappa shape index (κ1) is 13.6. The molecule has 0 spiro atoms. The number of pyridine rings is 1. The fraction of sp³-hybridized carbons (Fsp3) is 0.333. The summed E-state index contributed by atoms with van der Waals surface area (Å²) in [6, 6.07) is 4.33. The van der Waals surface area contributed by atoms with Crippen LogP contribution in [-0.4, -0.2) is 22.8 Å². The highest BCUT2D eigenvalue weighted by Crippen LogP contribution is 2.06. The summed E-state index contributed by atoms with van der Waals surface area (Å²) < 4.78 is 0. The monoisotopic (exact) mass is 246 g/mol. The van der Waals surface area contributed by atoms with Gasteiger partial charge < -0.3 is 11.1 Å². The molecule has 1 rings (SSSR count). The van der Waals surface area contributed by atoms with Crippen molar-refractivity contribution in [2.45, 2.75) is 19.4 Å². The van der Waals surface area contributed by atoms with Crippen LogP contribution in [0.15, 0.2) is 24.5 Å². The van der Waals surface area contributed by atoms with E-state index in [0.29, 0.717) is 5.56 Å². The molecule has 0 aromatic carbocycles. The van der Waals surface area contributed by atoms with Crippen LogP contribution >= 0.6 is 0 Å². The normalized spacial score (nSPS) is 13.1. The highest BCUT2D eigenvalue weighted by Gasteiger charge is 2.21. The lowest BCUT2D eigenvalue weighted by Crippen LogP contribution is -2.45. The van der Waals surface area contributed by atoms with Gasteiger partial charge in [0.2, 0.25) is 5.91 Å². The van der Waals surface area contributed by atoms with Crippen molar-refractivity contribution in [1.82, 2.24) is 10.3 Å². The van der Waals surface area contributed by atoms with Crippen molar-refractivity contribution >= 4 is 11.8 Å². The van der Waals surface area contributed by atoms with Crippen molar-refractivity contribution in [3.05, 3.63) is 30.1 Å². The predicted molar refractivity (Wildman–Crippen MR) is 64.1 cm³/mol. The zero-order chi connectivity index (χ0) is 13.5. The Morgan fingerprint density at radius 3 is 2.83 bits per heavy atom. The summed E-state index contributed by atoms with van der Waals surface area (Å²) in [7, 11) is 0. The number of hydrogen-bond acceptors (Lipinski definition) is 4. The van der Waals surface area contributed by atoms with Crippen molar-refractivity contribution < 1.29 is 9.59 Å². The van der Waals surface area contributed by atoms with Gasteiger partial charge in [0.05, 0.1) is 11.6 Å². The molecule has 0 aliphatic rings. The van der Waals surface area contributed by atoms with Crippen LogP contribution in [0.4, 0.5) is 0 Å². The zero-order valence-electron chi connectivity index (χ0n) is 9.96. The van der Waals surface area contributed by atoms with Crippen molar-refractivity contribution in [1.29, 1.82) is 5.26 Å². The molecule has 0 saturated carbocycles. The lowest BCUT2D eigenvalue weighted by molar-refractivity contribution is -0.120. The summed E-state index contributed by atoms with van der Waals surface area (Å²) in [5.74, 6) is -1.46. The Morgan fingerprint density at radius 2 is 2.33 bits per heavy atom. The maximum atomic E-state index is 11.8. The molecule has 0 aliphatic carbocycles. The smallest absolute Gasteiger partial charge is 0.253 e. The Bertz CT molecular complexity index is 467. The number of hydrogen-bond donors (Lipinski definition) is 2. The molecule has 0 radical (unpaired) electrons. The Morgan fingerprint density at radius 1 is 1.61 bits per heavy atom. The summed E-state index contributed by atoms with van der Waals surface area (Å²) in [5.41, 5.74) is 5.53. The number of aromatic nitrogens is 1. The van der Waals surface area contributed by atoms with Gasteiger partial charge in [0.15, 0.2) is 0 Å². The van der Waals surface area contributed by atoms with Gasteiger partial charge >= 0.3 is 0 Å². The van der Waals surface area contributed by atoms with E-state index in [2.05, 4.69) is 10.3 Å². The third kappa shape index (κ3) is 3.87. The van der Waals surface area contributed by atoms with Crippen LogP contribution in [0.1, 0.15) is 23.7 Å². The van der Waals surface area contributed by atoms with Crippen molar-refractivity contribution in [3.63, 3.8) is 0 Å². The first-order valence-corrected chi connectivity index (χ1v) is 5.44.